The fourth-order valence-corrected chi connectivity index (χ4v) is 3.08. The average molecular weight is 496 g/mol. The second-order valence-electron chi connectivity index (χ2n) is 5.96. The molecule has 26 heavy (non-hydrogen) atoms. The van der Waals surface area contributed by atoms with E-state index in [1.54, 1.807) is 0 Å². The van der Waals surface area contributed by atoms with Crippen LogP contribution in [0.5, 0.6) is 0 Å². The van der Waals surface area contributed by atoms with E-state index in [0.29, 0.717) is 6.54 Å². The van der Waals surface area contributed by atoms with Gasteiger partial charge in [-0.25, -0.2) is 18.1 Å². The average Bonchev–Trinajstić information content (AvgIpc) is 2.60. The summed E-state index contributed by atoms with van der Waals surface area (Å²) in [6.45, 7) is 6.56. The van der Waals surface area contributed by atoms with Crippen LogP contribution in [0.1, 0.15) is 50.7 Å². The van der Waals surface area contributed by atoms with E-state index in [-0.39, 0.29) is 29.7 Å². The van der Waals surface area contributed by atoms with Crippen LogP contribution in [-0.4, -0.2) is 34.5 Å². The van der Waals surface area contributed by atoms with Crippen molar-refractivity contribution in [3.05, 3.63) is 35.4 Å². The fraction of sp³-hybridized carbons (Fsp3) is 0.611. The van der Waals surface area contributed by atoms with Crippen molar-refractivity contribution in [3.8, 4) is 0 Å². The van der Waals surface area contributed by atoms with Crippen molar-refractivity contribution in [2.75, 3.05) is 20.1 Å². The lowest BCUT2D eigenvalue weighted by Gasteiger charge is -2.11. The van der Waals surface area contributed by atoms with Gasteiger partial charge in [-0.3, -0.25) is 0 Å². The molecule has 0 bridgehead atoms. The summed E-state index contributed by atoms with van der Waals surface area (Å²) in [7, 11) is -1.81. The van der Waals surface area contributed by atoms with Gasteiger partial charge in [0.05, 0.1) is 12.3 Å². The molecule has 1 rings (SSSR count). The number of nitrogens with zero attached hydrogens (tertiary/aromatic N) is 1. The molecule has 8 heteroatoms. The monoisotopic (exact) mass is 496 g/mol. The van der Waals surface area contributed by atoms with Gasteiger partial charge in [0.25, 0.3) is 0 Å². The molecule has 0 heterocycles. The number of unbranched alkanes of at least 4 members (excludes halogenated alkanes) is 3. The normalized spacial score (nSPS) is 11.7. The molecule has 0 saturated carbocycles. The van der Waals surface area contributed by atoms with Gasteiger partial charge in [0.15, 0.2) is 5.96 Å². The lowest BCUT2D eigenvalue weighted by Crippen LogP contribution is -2.37. The maximum atomic E-state index is 11.6. The van der Waals surface area contributed by atoms with Gasteiger partial charge in [-0.15, -0.1) is 24.0 Å². The van der Waals surface area contributed by atoms with Crippen molar-refractivity contribution in [2.45, 2.75) is 51.8 Å². The van der Waals surface area contributed by atoms with E-state index in [4.69, 9.17) is 0 Å². The van der Waals surface area contributed by atoms with Crippen LogP contribution in [0.4, 0.5) is 0 Å². The van der Waals surface area contributed by atoms with Crippen molar-refractivity contribution in [2.24, 2.45) is 4.99 Å². The summed E-state index contributed by atoms with van der Waals surface area (Å²) in [5.41, 5.74) is 1.82. The van der Waals surface area contributed by atoms with Crippen molar-refractivity contribution in [1.82, 2.24) is 15.4 Å². The highest BCUT2D eigenvalue weighted by Gasteiger charge is 2.08. The minimum Gasteiger partial charge on any atom is -0.357 e. The Bertz CT molecular complexity index is 619. The molecule has 0 atom stereocenters. The zero-order valence-electron chi connectivity index (χ0n) is 16.0. The molecule has 0 radical (unpaired) electrons. The highest BCUT2D eigenvalue weighted by atomic mass is 127. The van der Waals surface area contributed by atoms with Gasteiger partial charge in [0, 0.05) is 13.1 Å². The van der Waals surface area contributed by atoms with Gasteiger partial charge >= 0.3 is 0 Å². The van der Waals surface area contributed by atoms with Crippen LogP contribution in [0.25, 0.3) is 0 Å². The first kappa shape index (κ1) is 25.1. The maximum absolute atomic E-state index is 11.6. The third-order valence-electron chi connectivity index (χ3n) is 3.78. The number of benzene rings is 1. The zero-order valence-corrected chi connectivity index (χ0v) is 19.2. The molecule has 1 aromatic carbocycles. The lowest BCUT2D eigenvalue weighted by molar-refractivity contribution is 0.587. The topological polar surface area (TPSA) is 82.6 Å². The molecule has 0 spiro atoms. The van der Waals surface area contributed by atoms with E-state index in [0.717, 1.165) is 36.6 Å². The number of aliphatic imine (C=N–C) groups is 1. The van der Waals surface area contributed by atoms with Crippen molar-refractivity contribution in [1.29, 1.82) is 0 Å². The van der Waals surface area contributed by atoms with Crippen LogP contribution in [0.15, 0.2) is 29.3 Å². The highest BCUT2D eigenvalue weighted by Crippen LogP contribution is 2.08. The quantitative estimate of drug-likeness (QED) is 0.191. The second-order valence-corrected chi connectivity index (χ2v) is 7.89. The van der Waals surface area contributed by atoms with E-state index in [1.807, 2.05) is 31.2 Å². The summed E-state index contributed by atoms with van der Waals surface area (Å²) >= 11 is 0. The molecule has 0 aromatic heterocycles. The van der Waals surface area contributed by atoms with Crippen LogP contribution in [0, 0.1) is 0 Å². The third-order valence-corrected chi connectivity index (χ3v) is 5.11. The predicted molar refractivity (Wildman–Crippen MR) is 121 cm³/mol. The van der Waals surface area contributed by atoms with E-state index >= 15 is 0 Å². The molecular weight excluding hydrogens is 463 g/mol. The first-order chi connectivity index (χ1) is 12.0. The highest BCUT2D eigenvalue weighted by molar-refractivity contribution is 14.0. The number of hydrogen-bond acceptors (Lipinski definition) is 3. The molecule has 1 aromatic rings. The molecule has 150 valence electrons. The Morgan fingerprint density at radius 2 is 1.65 bits per heavy atom. The summed E-state index contributed by atoms with van der Waals surface area (Å²) in [6, 6.07) is 7.53. The number of rotatable bonds is 11. The lowest BCUT2D eigenvalue weighted by atomic mass is 10.1. The SMILES string of the molecule is CCCCCCNC(=NCc1ccc(CS(=O)(=O)NC)cc1)NCC.I. The molecule has 6 nitrogen and oxygen atoms in total. The summed E-state index contributed by atoms with van der Waals surface area (Å²) in [4.78, 5) is 4.59. The Balaban J connectivity index is 0.00000625. The molecule has 0 fully saturated rings. The van der Waals surface area contributed by atoms with E-state index in [9.17, 15) is 8.42 Å². The smallest absolute Gasteiger partial charge is 0.215 e. The molecule has 0 unspecified atom stereocenters. The Hall–Kier alpha value is -0.870. The first-order valence-corrected chi connectivity index (χ1v) is 10.7. The van der Waals surface area contributed by atoms with Crippen molar-refractivity contribution < 1.29 is 8.42 Å². The van der Waals surface area contributed by atoms with E-state index in [2.05, 4.69) is 27.3 Å². The Kier molecular flexibility index (Phi) is 13.7. The number of hydrogen-bond donors (Lipinski definition) is 3. The summed E-state index contributed by atoms with van der Waals surface area (Å²) in [5, 5.41) is 6.60. The molecule has 3 N–H and O–H groups in total. The molecule has 0 aliphatic carbocycles. The Morgan fingerprint density at radius 1 is 1.00 bits per heavy atom. The molecule has 0 aliphatic rings. The largest absolute Gasteiger partial charge is 0.357 e. The third kappa shape index (κ3) is 11.0. The zero-order chi connectivity index (χ0) is 18.5. The summed E-state index contributed by atoms with van der Waals surface area (Å²) in [6.07, 6.45) is 4.89. The van der Waals surface area contributed by atoms with Gasteiger partial charge in [-0.1, -0.05) is 50.5 Å². The number of halogens is 1. The standard InChI is InChI=1S/C18H32N4O2S.HI/c1-4-6-7-8-13-21-18(20-5-2)22-14-16-9-11-17(12-10-16)15-25(23,24)19-3;/h9-12,19H,4-8,13-15H2,1-3H3,(H2,20,21,22);1H. The van der Waals surface area contributed by atoms with Crippen LogP contribution < -0.4 is 15.4 Å². The second kappa shape index (κ2) is 14.2. The van der Waals surface area contributed by atoms with Gasteiger partial charge in [-0.05, 0) is 31.5 Å². The molecule has 0 saturated heterocycles. The van der Waals surface area contributed by atoms with Crippen molar-refractivity contribution in [3.63, 3.8) is 0 Å². The summed E-state index contributed by atoms with van der Waals surface area (Å²) < 4.78 is 25.4. The maximum Gasteiger partial charge on any atom is 0.215 e. The Labute approximate surface area is 175 Å². The van der Waals surface area contributed by atoms with Gasteiger partial charge < -0.3 is 10.6 Å². The first-order valence-electron chi connectivity index (χ1n) is 9.02. The number of sulfonamides is 1. The molecule has 0 amide bonds. The van der Waals surface area contributed by atoms with Crippen LogP contribution in [0.3, 0.4) is 0 Å². The number of nitrogens with one attached hydrogen (secondary N) is 3. The van der Waals surface area contributed by atoms with Gasteiger partial charge in [-0.2, -0.15) is 0 Å². The van der Waals surface area contributed by atoms with E-state index < -0.39 is 10.0 Å². The van der Waals surface area contributed by atoms with Crippen LogP contribution in [-0.2, 0) is 22.3 Å². The van der Waals surface area contributed by atoms with Gasteiger partial charge in [0.1, 0.15) is 0 Å². The minimum atomic E-state index is -3.23. The minimum absolute atomic E-state index is 0. The van der Waals surface area contributed by atoms with E-state index in [1.165, 1.54) is 26.3 Å². The number of guanidine groups is 1. The predicted octanol–water partition coefficient (Wildman–Crippen LogP) is 2.99. The summed E-state index contributed by atoms with van der Waals surface area (Å²) in [5.74, 6) is 0.815. The fourth-order valence-electron chi connectivity index (χ4n) is 2.30. The molecular formula is C18H33IN4O2S. The van der Waals surface area contributed by atoms with Crippen molar-refractivity contribution >= 4 is 40.0 Å². The Morgan fingerprint density at radius 3 is 2.23 bits per heavy atom. The molecule has 0 aliphatic heterocycles. The van der Waals surface area contributed by atoms with Crippen LogP contribution >= 0.6 is 24.0 Å². The van der Waals surface area contributed by atoms with Crippen LogP contribution in [0.2, 0.25) is 0 Å². The van der Waals surface area contributed by atoms with Gasteiger partial charge in [0.2, 0.25) is 10.0 Å².